The lowest BCUT2D eigenvalue weighted by Crippen LogP contribution is -2.35. The molecule has 0 aromatic rings. The van der Waals surface area contributed by atoms with Crippen LogP contribution in [0.25, 0.3) is 0 Å². The highest BCUT2D eigenvalue weighted by Crippen LogP contribution is 2.30. The fourth-order valence-corrected chi connectivity index (χ4v) is 2.24. The van der Waals surface area contributed by atoms with Crippen molar-refractivity contribution in [1.82, 2.24) is 0 Å². The maximum atomic E-state index is 10.5. The average molecular weight is 185 g/mol. The zero-order valence-electron chi connectivity index (χ0n) is 8.20. The first-order valence-corrected chi connectivity index (χ1v) is 5.07. The maximum absolute atomic E-state index is 10.5. The SMILES string of the molecule is CC1CCCC([C@H](N)CC(=O)O)C1. The molecule has 0 radical (unpaired) electrons. The minimum Gasteiger partial charge on any atom is -0.481 e. The molecule has 3 atom stereocenters. The summed E-state index contributed by atoms with van der Waals surface area (Å²) in [5, 5.41) is 8.60. The lowest BCUT2D eigenvalue weighted by Gasteiger charge is -2.30. The second kappa shape index (κ2) is 4.61. The number of carbonyl (C=O) groups is 1. The summed E-state index contributed by atoms with van der Waals surface area (Å²) in [5.41, 5.74) is 5.83. The predicted octanol–water partition coefficient (Wildman–Crippen LogP) is 1.61. The van der Waals surface area contributed by atoms with Crippen LogP contribution in [-0.2, 0) is 4.79 Å². The topological polar surface area (TPSA) is 63.3 Å². The van der Waals surface area contributed by atoms with E-state index in [-0.39, 0.29) is 12.5 Å². The Morgan fingerprint density at radius 3 is 2.85 bits per heavy atom. The van der Waals surface area contributed by atoms with Gasteiger partial charge in [-0.25, -0.2) is 0 Å². The number of hydrogen-bond acceptors (Lipinski definition) is 2. The smallest absolute Gasteiger partial charge is 0.304 e. The van der Waals surface area contributed by atoms with Gasteiger partial charge in [0.05, 0.1) is 6.42 Å². The summed E-state index contributed by atoms with van der Waals surface area (Å²) < 4.78 is 0. The molecule has 0 bridgehead atoms. The quantitative estimate of drug-likeness (QED) is 0.702. The van der Waals surface area contributed by atoms with Crippen LogP contribution in [0.3, 0.4) is 0 Å². The Hall–Kier alpha value is -0.570. The molecular formula is C10H19NO2. The fourth-order valence-electron chi connectivity index (χ4n) is 2.24. The molecule has 0 aromatic carbocycles. The van der Waals surface area contributed by atoms with Crippen molar-refractivity contribution in [2.24, 2.45) is 17.6 Å². The van der Waals surface area contributed by atoms with Gasteiger partial charge in [-0.15, -0.1) is 0 Å². The van der Waals surface area contributed by atoms with Crippen molar-refractivity contribution >= 4 is 5.97 Å². The standard InChI is InChI=1S/C10H19NO2/c1-7-3-2-4-8(5-7)9(11)6-10(12)13/h7-9H,2-6,11H2,1H3,(H,12,13)/t7?,8?,9-/m1/s1. The Balaban J connectivity index is 2.36. The van der Waals surface area contributed by atoms with E-state index < -0.39 is 5.97 Å². The van der Waals surface area contributed by atoms with Crippen molar-refractivity contribution < 1.29 is 9.90 Å². The highest BCUT2D eigenvalue weighted by atomic mass is 16.4. The second-order valence-corrected chi connectivity index (χ2v) is 4.29. The van der Waals surface area contributed by atoms with E-state index in [0.717, 1.165) is 18.8 Å². The van der Waals surface area contributed by atoms with Crippen molar-refractivity contribution in [3.63, 3.8) is 0 Å². The summed E-state index contributed by atoms with van der Waals surface area (Å²) in [6, 6.07) is -0.139. The first-order valence-electron chi connectivity index (χ1n) is 5.07. The minimum absolute atomic E-state index is 0.122. The Morgan fingerprint density at radius 1 is 1.62 bits per heavy atom. The van der Waals surface area contributed by atoms with Crippen LogP contribution in [0, 0.1) is 11.8 Å². The Labute approximate surface area is 79.3 Å². The zero-order valence-corrected chi connectivity index (χ0v) is 8.20. The summed E-state index contributed by atoms with van der Waals surface area (Å²) in [7, 11) is 0. The first kappa shape index (κ1) is 10.5. The van der Waals surface area contributed by atoms with Gasteiger partial charge < -0.3 is 10.8 Å². The third-order valence-electron chi connectivity index (χ3n) is 2.99. The number of hydrogen-bond donors (Lipinski definition) is 2. The summed E-state index contributed by atoms with van der Waals surface area (Å²) in [6.07, 6.45) is 4.82. The van der Waals surface area contributed by atoms with E-state index >= 15 is 0 Å². The molecule has 1 rings (SSSR count). The Bertz CT molecular complexity index is 182. The predicted molar refractivity (Wildman–Crippen MR) is 51.4 cm³/mol. The lowest BCUT2D eigenvalue weighted by atomic mass is 9.78. The molecule has 1 saturated carbocycles. The van der Waals surface area contributed by atoms with E-state index in [1.165, 1.54) is 12.8 Å². The normalized spacial score (nSPS) is 31.2. The van der Waals surface area contributed by atoms with Crippen LogP contribution in [-0.4, -0.2) is 17.1 Å². The second-order valence-electron chi connectivity index (χ2n) is 4.29. The number of nitrogens with two attached hydrogens (primary N) is 1. The molecule has 0 aliphatic heterocycles. The average Bonchev–Trinajstić information content (AvgIpc) is 2.03. The molecular weight excluding hydrogens is 166 g/mol. The summed E-state index contributed by atoms with van der Waals surface area (Å²) in [6.45, 7) is 2.22. The lowest BCUT2D eigenvalue weighted by molar-refractivity contribution is -0.137. The number of rotatable bonds is 3. The summed E-state index contributed by atoms with van der Waals surface area (Å²) in [4.78, 5) is 10.5. The van der Waals surface area contributed by atoms with Crippen LogP contribution in [0.1, 0.15) is 39.0 Å². The molecule has 3 nitrogen and oxygen atoms in total. The zero-order chi connectivity index (χ0) is 9.84. The summed E-state index contributed by atoms with van der Waals surface area (Å²) in [5.74, 6) is 0.379. The molecule has 0 heterocycles. The van der Waals surface area contributed by atoms with E-state index in [9.17, 15) is 4.79 Å². The van der Waals surface area contributed by atoms with E-state index in [1.807, 2.05) is 0 Å². The highest BCUT2D eigenvalue weighted by Gasteiger charge is 2.25. The van der Waals surface area contributed by atoms with Crippen molar-refractivity contribution in [2.45, 2.75) is 45.1 Å². The van der Waals surface area contributed by atoms with Crippen molar-refractivity contribution in [2.75, 3.05) is 0 Å². The molecule has 3 N–H and O–H groups in total. The van der Waals surface area contributed by atoms with Gasteiger partial charge in [0.25, 0.3) is 0 Å². The van der Waals surface area contributed by atoms with Gasteiger partial charge in [0, 0.05) is 6.04 Å². The monoisotopic (exact) mass is 185 g/mol. The van der Waals surface area contributed by atoms with E-state index in [0.29, 0.717) is 5.92 Å². The number of carboxylic acid groups (broad SMARTS) is 1. The van der Waals surface area contributed by atoms with E-state index in [1.54, 1.807) is 0 Å². The number of aliphatic carboxylic acids is 1. The summed E-state index contributed by atoms with van der Waals surface area (Å²) >= 11 is 0. The van der Waals surface area contributed by atoms with Crippen LogP contribution in [0.4, 0.5) is 0 Å². The van der Waals surface area contributed by atoms with Gasteiger partial charge in [0.2, 0.25) is 0 Å². The van der Waals surface area contributed by atoms with Crippen LogP contribution in [0.15, 0.2) is 0 Å². The van der Waals surface area contributed by atoms with Gasteiger partial charge in [-0.05, 0) is 24.7 Å². The molecule has 1 fully saturated rings. The van der Waals surface area contributed by atoms with Crippen molar-refractivity contribution in [3.8, 4) is 0 Å². The first-order chi connectivity index (χ1) is 6.09. The third-order valence-corrected chi connectivity index (χ3v) is 2.99. The molecule has 0 spiro atoms. The third kappa shape index (κ3) is 3.35. The molecule has 76 valence electrons. The molecule has 2 unspecified atom stereocenters. The fraction of sp³-hybridized carbons (Fsp3) is 0.900. The molecule has 1 aliphatic rings. The molecule has 13 heavy (non-hydrogen) atoms. The molecule has 1 aliphatic carbocycles. The molecule has 0 amide bonds. The Kier molecular flexibility index (Phi) is 3.72. The minimum atomic E-state index is -0.772. The molecule has 0 aromatic heterocycles. The number of carboxylic acids is 1. The molecule has 0 saturated heterocycles. The van der Waals surface area contributed by atoms with Gasteiger partial charge in [0.1, 0.15) is 0 Å². The van der Waals surface area contributed by atoms with Crippen LogP contribution >= 0.6 is 0 Å². The van der Waals surface area contributed by atoms with Crippen LogP contribution in [0.2, 0.25) is 0 Å². The van der Waals surface area contributed by atoms with Crippen molar-refractivity contribution in [1.29, 1.82) is 0 Å². The van der Waals surface area contributed by atoms with E-state index in [4.69, 9.17) is 10.8 Å². The van der Waals surface area contributed by atoms with E-state index in [2.05, 4.69) is 6.92 Å². The molecule has 3 heteroatoms. The maximum Gasteiger partial charge on any atom is 0.304 e. The van der Waals surface area contributed by atoms with Crippen molar-refractivity contribution in [3.05, 3.63) is 0 Å². The highest BCUT2D eigenvalue weighted by molar-refractivity contribution is 5.67. The van der Waals surface area contributed by atoms with Gasteiger partial charge in [-0.1, -0.05) is 19.8 Å². The van der Waals surface area contributed by atoms with Crippen LogP contribution in [0.5, 0.6) is 0 Å². The van der Waals surface area contributed by atoms with Gasteiger partial charge in [-0.2, -0.15) is 0 Å². The van der Waals surface area contributed by atoms with Crippen LogP contribution < -0.4 is 5.73 Å². The van der Waals surface area contributed by atoms with Gasteiger partial charge in [-0.3, -0.25) is 4.79 Å². The Morgan fingerprint density at radius 2 is 2.31 bits per heavy atom. The van der Waals surface area contributed by atoms with Gasteiger partial charge in [0.15, 0.2) is 0 Å². The van der Waals surface area contributed by atoms with Gasteiger partial charge >= 0.3 is 5.97 Å². The largest absolute Gasteiger partial charge is 0.481 e.